The summed E-state index contributed by atoms with van der Waals surface area (Å²) in [6, 6.07) is 8.66. The average Bonchev–Trinajstić information content (AvgIpc) is 2.61. The quantitative estimate of drug-likeness (QED) is 0.488. The van der Waals surface area contributed by atoms with E-state index in [1.54, 1.807) is 0 Å². The first-order chi connectivity index (χ1) is 13.3. The van der Waals surface area contributed by atoms with E-state index in [0.717, 1.165) is 56.8 Å². The standard InChI is InChI=1S/C24H41NO3/c1-19(2)25-16-7-6-8-17-26-22-10-9-11-23(18-22)27-20-12-14-21(15-13-20)28-24(3,4)5/h9-11,18-21,25H,6-8,12-17H2,1-5H3. The maximum atomic E-state index is 6.21. The van der Waals surface area contributed by atoms with Crippen molar-refractivity contribution in [3.8, 4) is 11.5 Å². The van der Waals surface area contributed by atoms with Gasteiger partial charge in [-0.05, 0) is 84.4 Å². The SMILES string of the molecule is CC(C)NCCCCCOc1cccc(OC2CCC(OC(C)(C)C)CC2)c1. The largest absolute Gasteiger partial charge is 0.493 e. The zero-order valence-corrected chi connectivity index (χ0v) is 18.6. The number of hydrogen-bond donors (Lipinski definition) is 1. The second-order valence-electron chi connectivity index (χ2n) is 9.24. The van der Waals surface area contributed by atoms with E-state index in [9.17, 15) is 0 Å². The van der Waals surface area contributed by atoms with Crippen molar-refractivity contribution in [1.82, 2.24) is 5.32 Å². The van der Waals surface area contributed by atoms with Crippen LogP contribution >= 0.6 is 0 Å². The Labute approximate surface area is 172 Å². The Kier molecular flexibility index (Phi) is 9.60. The van der Waals surface area contributed by atoms with Crippen molar-refractivity contribution in [2.75, 3.05) is 13.2 Å². The van der Waals surface area contributed by atoms with Gasteiger partial charge in [-0.2, -0.15) is 0 Å². The maximum absolute atomic E-state index is 6.21. The molecule has 1 aliphatic rings. The highest BCUT2D eigenvalue weighted by Crippen LogP contribution is 2.29. The van der Waals surface area contributed by atoms with Gasteiger partial charge in [-0.1, -0.05) is 19.9 Å². The van der Waals surface area contributed by atoms with E-state index in [1.807, 2.05) is 24.3 Å². The molecular weight excluding hydrogens is 350 g/mol. The fourth-order valence-electron chi connectivity index (χ4n) is 3.58. The van der Waals surface area contributed by atoms with E-state index in [-0.39, 0.29) is 11.7 Å². The molecule has 4 heteroatoms. The van der Waals surface area contributed by atoms with Crippen LogP contribution in [-0.2, 0) is 4.74 Å². The van der Waals surface area contributed by atoms with E-state index < -0.39 is 0 Å². The van der Waals surface area contributed by atoms with Gasteiger partial charge in [0.15, 0.2) is 0 Å². The number of hydrogen-bond acceptors (Lipinski definition) is 4. The minimum absolute atomic E-state index is 0.0605. The molecule has 28 heavy (non-hydrogen) atoms. The molecule has 0 bridgehead atoms. The Morgan fingerprint density at radius 2 is 1.64 bits per heavy atom. The van der Waals surface area contributed by atoms with Gasteiger partial charge in [-0.15, -0.1) is 0 Å². The normalized spacial score (nSPS) is 20.4. The summed E-state index contributed by atoms with van der Waals surface area (Å²) >= 11 is 0. The van der Waals surface area contributed by atoms with Crippen molar-refractivity contribution >= 4 is 0 Å². The van der Waals surface area contributed by atoms with Crippen LogP contribution in [0.4, 0.5) is 0 Å². The Morgan fingerprint density at radius 3 is 2.32 bits per heavy atom. The fraction of sp³-hybridized carbons (Fsp3) is 0.750. The molecule has 1 N–H and O–H groups in total. The molecule has 4 nitrogen and oxygen atoms in total. The summed E-state index contributed by atoms with van der Waals surface area (Å²) in [5.41, 5.74) is -0.0605. The van der Waals surface area contributed by atoms with Crippen LogP contribution in [0.1, 0.15) is 79.6 Å². The minimum Gasteiger partial charge on any atom is -0.493 e. The van der Waals surface area contributed by atoms with E-state index in [2.05, 4.69) is 39.9 Å². The minimum atomic E-state index is -0.0605. The highest BCUT2D eigenvalue weighted by molar-refractivity contribution is 5.33. The van der Waals surface area contributed by atoms with Gasteiger partial charge in [0.2, 0.25) is 0 Å². The van der Waals surface area contributed by atoms with Crippen LogP contribution in [0, 0.1) is 0 Å². The predicted octanol–water partition coefficient (Wildman–Crippen LogP) is 5.74. The molecule has 160 valence electrons. The summed E-state index contributed by atoms with van der Waals surface area (Å²) in [7, 11) is 0. The Morgan fingerprint density at radius 1 is 0.964 bits per heavy atom. The molecule has 0 unspecified atom stereocenters. The predicted molar refractivity (Wildman–Crippen MR) is 116 cm³/mol. The third-order valence-electron chi connectivity index (χ3n) is 4.89. The van der Waals surface area contributed by atoms with Gasteiger partial charge < -0.3 is 19.5 Å². The zero-order chi connectivity index (χ0) is 20.4. The van der Waals surface area contributed by atoms with Gasteiger partial charge in [0.25, 0.3) is 0 Å². The highest BCUT2D eigenvalue weighted by atomic mass is 16.5. The molecule has 1 saturated carbocycles. The lowest BCUT2D eigenvalue weighted by Crippen LogP contribution is -2.33. The third-order valence-corrected chi connectivity index (χ3v) is 4.89. The molecule has 1 fully saturated rings. The second kappa shape index (κ2) is 11.7. The van der Waals surface area contributed by atoms with Crippen LogP contribution in [0.15, 0.2) is 24.3 Å². The summed E-state index contributed by atoms with van der Waals surface area (Å²) in [4.78, 5) is 0. The van der Waals surface area contributed by atoms with E-state index in [0.29, 0.717) is 12.1 Å². The fourth-order valence-corrected chi connectivity index (χ4v) is 3.58. The van der Waals surface area contributed by atoms with Crippen LogP contribution in [-0.4, -0.2) is 37.0 Å². The molecule has 0 heterocycles. The zero-order valence-electron chi connectivity index (χ0n) is 18.6. The molecular formula is C24H41NO3. The van der Waals surface area contributed by atoms with E-state index >= 15 is 0 Å². The van der Waals surface area contributed by atoms with E-state index in [1.165, 1.54) is 12.8 Å². The Hall–Kier alpha value is -1.26. The summed E-state index contributed by atoms with van der Waals surface area (Å²) in [5.74, 6) is 1.82. The van der Waals surface area contributed by atoms with Crippen molar-refractivity contribution in [1.29, 1.82) is 0 Å². The van der Waals surface area contributed by atoms with E-state index in [4.69, 9.17) is 14.2 Å². The molecule has 0 aromatic heterocycles. The number of nitrogens with one attached hydrogen (secondary N) is 1. The first kappa shape index (κ1) is 23.0. The van der Waals surface area contributed by atoms with Crippen molar-refractivity contribution in [2.24, 2.45) is 0 Å². The van der Waals surface area contributed by atoms with Crippen molar-refractivity contribution < 1.29 is 14.2 Å². The molecule has 1 aromatic carbocycles. The van der Waals surface area contributed by atoms with Gasteiger partial charge in [0, 0.05) is 12.1 Å². The first-order valence-corrected chi connectivity index (χ1v) is 11.1. The summed E-state index contributed by atoms with van der Waals surface area (Å²) in [6.07, 6.45) is 8.37. The molecule has 1 aromatic rings. The first-order valence-electron chi connectivity index (χ1n) is 11.1. The van der Waals surface area contributed by atoms with Crippen LogP contribution in [0.3, 0.4) is 0 Å². The van der Waals surface area contributed by atoms with Gasteiger partial charge in [0.05, 0.1) is 24.4 Å². The van der Waals surface area contributed by atoms with Gasteiger partial charge in [-0.25, -0.2) is 0 Å². The van der Waals surface area contributed by atoms with Crippen LogP contribution in [0.5, 0.6) is 11.5 Å². The maximum Gasteiger partial charge on any atom is 0.123 e. The summed E-state index contributed by atoms with van der Waals surface area (Å²) < 4.78 is 18.2. The molecule has 1 aliphatic carbocycles. The topological polar surface area (TPSA) is 39.7 Å². The lowest BCUT2D eigenvalue weighted by Gasteiger charge is -2.33. The lowest BCUT2D eigenvalue weighted by atomic mass is 9.94. The van der Waals surface area contributed by atoms with Crippen molar-refractivity contribution in [3.05, 3.63) is 24.3 Å². The van der Waals surface area contributed by atoms with Crippen molar-refractivity contribution in [3.63, 3.8) is 0 Å². The molecule has 2 rings (SSSR count). The summed E-state index contributed by atoms with van der Waals surface area (Å²) in [6.45, 7) is 12.6. The van der Waals surface area contributed by atoms with Crippen LogP contribution in [0.2, 0.25) is 0 Å². The number of unbranched alkanes of at least 4 members (excludes halogenated alkanes) is 2. The average molecular weight is 392 g/mol. The molecule has 0 amide bonds. The number of rotatable bonds is 11. The number of benzene rings is 1. The van der Waals surface area contributed by atoms with Crippen LogP contribution < -0.4 is 14.8 Å². The molecule has 0 spiro atoms. The molecule has 0 radical (unpaired) electrons. The van der Waals surface area contributed by atoms with Crippen LogP contribution in [0.25, 0.3) is 0 Å². The van der Waals surface area contributed by atoms with Gasteiger partial charge in [-0.3, -0.25) is 0 Å². The highest BCUT2D eigenvalue weighted by Gasteiger charge is 2.26. The Balaban J connectivity index is 1.65. The van der Waals surface area contributed by atoms with Gasteiger partial charge >= 0.3 is 0 Å². The number of ether oxygens (including phenoxy) is 3. The smallest absolute Gasteiger partial charge is 0.123 e. The van der Waals surface area contributed by atoms with Gasteiger partial charge in [0.1, 0.15) is 11.5 Å². The monoisotopic (exact) mass is 391 g/mol. The molecule has 0 atom stereocenters. The molecule has 0 saturated heterocycles. The lowest BCUT2D eigenvalue weighted by molar-refractivity contribution is -0.0832. The third kappa shape index (κ3) is 9.79. The Bertz CT molecular complexity index is 545. The van der Waals surface area contributed by atoms with Crippen molar-refractivity contribution in [2.45, 2.75) is 103 Å². The summed E-state index contributed by atoms with van der Waals surface area (Å²) in [5, 5.41) is 3.45. The second-order valence-corrected chi connectivity index (χ2v) is 9.24. The molecule has 0 aliphatic heterocycles.